The Morgan fingerprint density at radius 3 is 2.50 bits per heavy atom. The van der Waals surface area contributed by atoms with Gasteiger partial charge < -0.3 is 9.67 Å². The van der Waals surface area contributed by atoms with Gasteiger partial charge in [-0.05, 0) is 90.2 Å². The van der Waals surface area contributed by atoms with Crippen molar-refractivity contribution < 1.29 is 19.5 Å². The third-order valence-corrected chi connectivity index (χ3v) is 5.64. The van der Waals surface area contributed by atoms with Crippen LogP contribution < -0.4 is 0 Å². The number of carbonyl (C=O) groups is 3. The second-order valence-electron chi connectivity index (χ2n) is 5.80. The number of thioether (sulfide) groups is 1. The van der Waals surface area contributed by atoms with Crippen LogP contribution in [0.15, 0.2) is 35.2 Å². The predicted molar refractivity (Wildman–Crippen MR) is 108 cm³/mol. The lowest BCUT2D eigenvalue weighted by Gasteiger charge is -2.10. The number of hydrogen-bond donors (Lipinski definition) is 1. The lowest BCUT2D eigenvalue weighted by molar-refractivity contribution is -0.140. The number of imide groups is 1. The van der Waals surface area contributed by atoms with Crippen LogP contribution in [0.4, 0.5) is 4.79 Å². The van der Waals surface area contributed by atoms with Gasteiger partial charge in [0.1, 0.15) is 6.54 Å². The zero-order valence-corrected chi connectivity index (χ0v) is 17.0. The third kappa shape index (κ3) is 3.56. The van der Waals surface area contributed by atoms with Gasteiger partial charge in [-0.25, -0.2) is 0 Å². The highest BCUT2D eigenvalue weighted by molar-refractivity contribution is 14.1. The van der Waals surface area contributed by atoms with Crippen LogP contribution in [0.5, 0.6) is 0 Å². The van der Waals surface area contributed by atoms with Gasteiger partial charge in [-0.1, -0.05) is 0 Å². The van der Waals surface area contributed by atoms with Crippen molar-refractivity contribution in [3.8, 4) is 5.69 Å². The summed E-state index contributed by atoms with van der Waals surface area (Å²) in [7, 11) is 0. The van der Waals surface area contributed by atoms with Gasteiger partial charge in [-0.3, -0.25) is 19.3 Å². The van der Waals surface area contributed by atoms with E-state index in [0.29, 0.717) is 0 Å². The van der Waals surface area contributed by atoms with E-state index in [9.17, 15) is 14.4 Å². The van der Waals surface area contributed by atoms with E-state index >= 15 is 0 Å². The van der Waals surface area contributed by atoms with Crippen molar-refractivity contribution in [2.75, 3.05) is 6.54 Å². The molecule has 134 valence electrons. The summed E-state index contributed by atoms with van der Waals surface area (Å²) in [6, 6.07) is 10.0. The van der Waals surface area contributed by atoms with Crippen LogP contribution in [0.25, 0.3) is 11.8 Å². The van der Waals surface area contributed by atoms with Crippen LogP contribution in [-0.4, -0.2) is 38.2 Å². The molecule has 0 atom stereocenters. The van der Waals surface area contributed by atoms with Crippen molar-refractivity contribution in [2.45, 2.75) is 13.8 Å². The van der Waals surface area contributed by atoms with Crippen LogP contribution >= 0.6 is 34.4 Å². The number of carboxylic acids is 1. The van der Waals surface area contributed by atoms with Crippen molar-refractivity contribution in [1.29, 1.82) is 0 Å². The Balaban J connectivity index is 1.96. The molecule has 0 saturated carbocycles. The molecule has 2 aromatic rings. The maximum absolute atomic E-state index is 12.3. The van der Waals surface area contributed by atoms with Crippen LogP contribution in [-0.2, 0) is 9.59 Å². The average molecular weight is 482 g/mol. The quantitative estimate of drug-likeness (QED) is 0.530. The number of aliphatic carboxylic acids is 1. The Bertz CT molecular complexity index is 947. The van der Waals surface area contributed by atoms with Gasteiger partial charge in [0.15, 0.2) is 0 Å². The summed E-state index contributed by atoms with van der Waals surface area (Å²) in [6.07, 6.45) is 1.65. The molecule has 3 rings (SSSR count). The van der Waals surface area contributed by atoms with E-state index in [1.54, 1.807) is 6.08 Å². The standard InChI is InChI=1S/C18H15IN2O4S/c1-10-7-12(11(2)21(10)14-5-3-13(19)4-6-14)8-15-17(24)20(9-16(22)23)18(25)26-15/h3-8H,9H2,1-2H3,(H,22,23)/b15-8+. The molecule has 1 aromatic carbocycles. The smallest absolute Gasteiger partial charge is 0.323 e. The summed E-state index contributed by atoms with van der Waals surface area (Å²) in [5.74, 6) is -1.79. The summed E-state index contributed by atoms with van der Waals surface area (Å²) in [5.41, 5.74) is 3.77. The van der Waals surface area contributed by atoms with E-state index < -0.39 is 23.7 Å². The Morgan fingerprint density at radius 1 is 1.23 bits per heavy atom. The highest BCUT2D eigenvalue weighted by Crippen LogP contribution is 2.33. The minimum Gasteiger partial charge on any atom is -0.480 e. The van der Waals surface area contributed by atoms with Crippen molar-refractivity contribution in [2.24, 2.45) is 0 Å². The lowest BCUT2D eigenvalue weighted by Crippen LogP contribution is -2.33. The first-order valence-electron chi connectivity index (χ1n) is 7.70. The number of benzene rings is 1. The minimum absolute atomic E-state index is 0.235. The number of aromatic nitrogens is 1. The van der Waals surface area contributed by atoms with E-state index in [4.69, 9.17) is 5.11 Å². The van der Waals surface area contributed by atoms with Gasteiger partial charge in [0, 0.05) is 20.6 Å². The number of aryl methyl sites for hydroxylation is 1. The van der Waals surface area contributed by atoms with Gasteiger partial charge in [0.05, 0.1) is 4.91 Å². The monoisotopic (exact) mass is 482 g/mol. The molecule has 1 aromatic heterocycles. The predicted octanol–water partition coefficient (Wildman–Crippen LogP) is 3.82. The number of rotatable bonds is 4. The lowest BCUT2D eigenvalue weighted by atomic mass is 10.2. The first kappa shape index (κ1) is 18.7. The number of carbonyl (C=O) groups excluding carboxylic acids is 2. The highest BCUT2D eigenvalue weighted by atomic mass is 127. The van der Waals surface area contributed by atoms with Crippen molar-refractivity contribution in [3.05, 3.63) is 55.8 Å². The zero-order valence-electron chi connectivity index (χ0n) is 14.0. The summed E-state index contributed by atoms with van der Waals surface area (Å²) in [6.45, 7) is 3.29. The molecule has 1 fully saturated rings. The molecule has 1 aliphatic heterocycles. The summed E-state index contributed by atoms with van der Waals surface area (Å²) in [4.78, 5) is 36.0. The molecule has 1 N–H and O–H groups in total. The van der Waals surface area contributed by atoms with Crippen LogP contribution in [0.3, 0.4) is 0 Å². The molecular formula is C18H15IN2O4S. The fraction of sp³-hybridized carbons (Fsp3) is 0.167. The summed E-state index contributed by atoms with van der Waals surface area (Å²) in [5, 5.41) is 8.28. The van der Waals surface area contributed by atoms with E-state index in [-0.39, 0.29) is 4.91 Å². The van der Waals surface area contributed by atoms with Gasteiger partial charge in [0.2, 0.25) is 0 Å². The molecule has 2 heterocycles. The number of hydrogen-bond acceptors (Lipinski definition) is 4. The molecule has 0 radical (unpaired) electrons. The summed E-state index contributed by atoms with van der Waals surface area (Å²) < 4.78 is 3.21. The third-order valence-electron chi connectivity index (χ3n) is 4.01. The normalized spacial score (nSPS) is 16.0. The van der Waals surface area contributed by atoms with E-state index in [0.717, 1.165) is 42.9 Å². The topological polar surface area (TPSA) is 79.6 Å². The molecule has 0 aliphatic carbocycles. The van der Waals surface area contributed by atoms with Crippen LogP contribution in [0.2, 0.25) is 0 Å². The number of carboxylic acid groups (broad SMARTS) is 1. The van der Waals surface area contributed by atoms with Crippen LogP contribution in [0, 0.1) is 17.4 Å². The average Bonchev–Trinajstić information content (AvgIpc) is 2.99. The van der Waals surface area contributed by atoms with Crippen molar-refractivity contribution >= 4 is 57.5 Å². The molecule has 2 amide bonds. The Kier molecular flexibility index (Phi) is 5.24. The van der Waals surface area contributed by atoms with Gasteiger partial charge >= 0.3 is 5.97 Å². The molecule has 0 spiro atoms. The van der Waals surface area contributed by atoms with E-state index in [2.05, 4.69) is 27.2 Å². The molecule has 8 heteroatoms. The second kappa shape index (κ2) is 7.28. The minimum atomic E-state index is -1.22. The molecule has 26 heavy (non-hydrogen) atoms. The molecule has 1 aliphatic rings. The largest absolute Gasteiger partial charge is 0.480 e. The SMILES string of the molecule is Cc1cc(/C=C2/SC(=O)N(CC(=O)O)C2=O)c(C)n1-c1ccc(I)cc1. The molecule has 0 unspecified atom stereocenters. The van der Waals surface area contributed by atoms with Crippen LogP contribution in [0.1, 0.15) is 17.0 Å². The number of nitrogens with zero attached hydrogens (tertiary/aromatic N) is 2. The Morgan fingerprint density at radius 2 is 1.88 bits per heavy atom. The van der Waals surface area contributed by atoms with Crippen molar-refractivity contribution in [1.82, 2.24) is 9.47 Å². The summed E-state index contributed by atoms with van der Waals surface area (Å²) >= 11 is 3.01. The fourth-order valence-corrected chi connectivity index (χ4v) is 4.02. The van der Waals surface area contributed by atoms with Gasteiger partial charge in [-0.2, -0.15) is 0 Å². The molecule has 6 nitrogen and oxygen atoms in total. The first-order valence-corrected chi connectivity index (χ1v) is 9.59. The first-order chi connectivity index (χ1) is 12.3. The zero-order chi connectivity index (χ0) is 19.0. The second-order valence-corrected chi connectivity index (χ2v) is 8.04. The maximum Gasteiger partial charge on any atom is 0.323 e. The van der Waals surface area contributed by atoms with Crippen molar-refractivity contribution in [3.63, 3.8) is 0 Å². The molecular weight excluding hydrogens is 467 g/mol. The highest BCUT2D eigenvalue weighted by Gasteiger charge is 2.36. The maximum atomic E-state index is 12.3. The Hall–Kier alpha value is -2.07. The van der Waals surface area contributed by atoms with Gasteiger partial charge in [0.25, 0.3) is 11.1 Å². The number of amides is 2. The fourth-order valence-electron chi connectivity index (χ4n) is 2.83. The number of halogens is 1. The molecule has 1 saturated heterocycles. The van der Waals surface area contributed by atoms with E-state index in [1.807, 2.05) is 44.2 Å². The van der Waals surface area contributed by atoms with Gasteiger partial charge in [-0.15, -0.1) is 0 Å². The Labute approximate surface area is 168 Å². The van der Waals surface area contributed by atoms with E-state index in [1.165, 1.54) is 0 Å². The molecule has 0 bridgehead atoms.